The molecule has 3 rings (SSSR count). The Labute approximate surface area is 154 Å². The van der Waals surface area contributed by atoms with Crippen molar-refractivity contribution < 1.29 is 13.9 Å². The third kappa shape index (κ3) is 5.64. The number of carbonyl (C=O) groups is 1. The van der Waals surface area contributed by atoms with Crippen LogP contribution in [0.1, 0.15) is 25.0 Å². The van der Waals surface area contributed by atoms with Crippen molar-refractivity contribution in [3.8, 4) is 0 Å². The van der Waals surface area contributed by atoms with Crippen LogP contribution in [-0.2, 0) is 9.53 Å². The number of rotatable bonds is 4. The smallest absolute Gasteiger partial charge is 0.223 e. The zero-order valence-electron chi connectivity index (χ0n) is 14.6. The number of halogens is 2. The molecular formula is C18H27ClFN3O2. The topological polar surface area (TPSA) is 44.8 Å². The summed E-state index contributed by atoms with van der Waals surface area (Å²) >= 11 is 0. The molecule has 2 saturated heterocycles. The molecule has 5 nitrogen and oxygen atoms in total. The average molecular weight is 372 g/mol. The quantitative estimate of drug-likeness (QED) is 0.877. The molecule has 0 bridgehead atoms. The number of hydrogen-bond acceptors (Lipinski definition) is 4. The van der Waals surface area contributed by atoms with Gasteiger partial charge in [-0.2, -0.15) is 0 Å². The van der Waals surface area contributed by atoms with Crippen molar-refractivity contribution in [1.29, 1.82) is 0 Å². The maximum Gasteiger partial charge on any atom is 0.223 e. The van der Waals surface area contributed by atoms with Gasteiger partial charge in [0, 0.05) is 52.2 Å². The van der Waals surface area contributed by atoms with Crippen molar-refractivity contribution in [3.05, 3.63) is 35.6 Å². The maximum atomic E-state index is 13.1. The van der Waals surface area contributed by atoms with Gasteiger partial charge in [-0.3, -0.25) is 9.69 Å². The molecule has 2 aliphatic heterocycles. The second kappa shape index (κ2) is 9.48. The predicted molar refractivity (Wildman–Crippen MR) is 97.4 cm³/mol. The first-order chi connectivity index (χ1) is 11.6. The van der Waals surface area contributed by atoms with Crippen LogP contribution in [0.5, 0.6) is 0 Å². The molecule has 2 unspecified atom stereocenters. The van der Waals surface area contributed by atoms with E-state index in [1.807, 2.05) is 11.8 Å². The lowest BCUT2D eigenvalue weighted by atomic mass is 10.1. The summed E-state index contributed by atoms with van der Waals surface area (Å²) in [7, 11) is 0. The van der Waals surface area contributed by atoms with Gasteiger partial charge in [0.25, 0.3) is 0 Å². The van der Waals surface area contributed by atoms with Crippen LogP contribution in [0.25, 0.3) is 0 Å². The highest BCUT2D eigenvalue weighted by atomic mass is 35.5. The zero-order chi connectivity index (χ0) is 16.9. The average Bonchev–Trinajstić information content (AvgIpc) is 2.60. The first-order valence-corrected chi connectivity index (χ1v) is 8.73. The van der Waals surface area contributed by atoms with Gasteiger partial charge in [0.15, 0.2) is 0 Å². The normalized spacial score (nSPS) is 24.6. The van der Waals surface area contributed by atoms with Crippen molar-refractivity contribution in [2.75, 3.05) is 45.8 Å². The summed E-state index contributed by atoms with van der Waals surface area (Å²) in [5.74, 6) is -0.00457. The van der Waals surface area contributed by atoms with Gasteiger partial charge >= 0.3 is 0 Å². The maximum absolute atomic E-state index is 13.1. The Bertz CT molecular complexity index is 552. The lowest BCUT2D eigenvalue weighted by Gasteiger charge is -2.37. The lowest BCUT2D eigenvalue weighted by Crippen LogP contribution is -2.48. The summed E-state index contributed by atoms with van der Waals surface area (Å²) in [5, 5.41) is 3.26. The van der Waals surface area contributed by atoms with E-state index in [9.17, 15) is 9.18 Å². The minimum absolute atomic E-state index is 0. The number of carbonyl (C=O) groups excluding carboxylic acids is 1. The van der Waals surface area contributed by atoms with Gasteiger partial charge in [0.05, 0.1) is 12.2 Å². The van der Waals surface area contributed by atoms with Crippen LogP contribution in [0.3, 0.4) is 0 Å². The number of amides is 1. The van der Waals surface area contributed by atoms with Crippen molar-refractivity contribution in [2.24, 2.45) is 0 Å². The van der Waals surface area contributed by atoms with E-state index < -0.39 is 0 Å². The van der Waals surface area contributed by atoms with Gasteiger partial charge in [0.2, 0.25) is 5.91 Å². The highest BCUT2D eigenvalue weighted by molar-refractivity contribution is 5.85. The van der Waals surface area contributed by atoms with Gasteiger partial charge in [0.1, 0.15) is 5.82 Å². The summed E-state index contributed by atoms with van der Waals surface area (Å²) in [6, 6.07) is 6.50. The molecule has 0 aliphatic carbocycles. The fourth-order valence-corrected chi connectivity index (χ4v) is 3.41. The van der Waals surface area contributed by atoms with Gasteiger partial charge < -0.3 is 15.0 Å². The van der Waals surface area contributed by atoms with Crippen molar-refractivity contribution >= 4 is 18.3 Å². The van der Waals surface area contributed by atoms with Crippen LogP contribution in [0, 0.1) is 5.82 Å². The largest absolute Gasteiger partial charge is 0.368 e. The van der Waals surface area contributed by atoms with Gasteiger partial charge in [-0.15, -0.1) is 12.4 Å². The molecule has 0 aromatic heterocycles. The highest BCUT2D eigenvalue weighted by Gasteiger charge is 2.27. The van der Waals surface area contributed by atoms with Gasteiger partial charge in [-0.1, -0.05) is 12.1 Å². The second-order valence-corrected chi connectivity index (χ2v) is 6.63. The Morgan fingerprint density at radius 1 is 1.24 bits per heavy atom. The van der Waals surface area contributed by atoms with Crippen molar-refractivity contribution in [3.63, 3.8) is 0 Å². The molecule has 1 aromatic carbocycles. The Morgan fingerprint density at radius 3 is 2.60 bits per heavy atom. The van der Waals surface area contributed by atoms with E-state index in [1.165, 1.54) is 12.1 Å². The Morgan fingerprint density at radius 2 is 1.92 bits per heavy atom. The highest BCUT2D eigenvalue weighted by Crippen LogP contribution is 2.25. The predicted octanol–water partition coefficient (Wildman–Crippen LogP) is 1.83. The van der Waals surface area contributed by atoms with E-state index in [1.54, 1.807) is 12.1 Å². The molecule has 1 amide bonds. The molecule has 1 aromatic rings. The first kappa shape index (κ1) is 20.1. The molecule has 0 radical (unpaired) electrons. The monoisotopic (exact) mass is 371 g/mol. The van der Waals surface area contributed by atoms with Crippen LogP contribution in [0.15, 0.2) is 24.3 Å². The molecule has 0 spiro atoms. The number of morpholine rings is 1. The molecule has 1 N–H and O–H groups in total. The standard InChI is InChI=1S/C18H26FN3O2.ClH/c1-14-12-21(9-6-18(23)22-10-7-20-8-11-22)13-17(24-14)15-2-4-16(19)5-3-15;/h2-5,14,17,20H,6-13H2,1H3;1H. The molecule has 2 fully saturated rings. The van der Waals surface area contributed by atoms with E-state index >= 15 is 0 Å². The van der Waals surface area contributed by atoms with E-state index in [0.29, 0.717) is 6.42 Å². The molecule has 2 aliphatic rings. The summed E-state index contributed by atoms with van der Waals surface area (Å²) in [6.45, 7) is 7.72. The van der Waals surface area contributed by atoms with E-state index in [2.05, 4.69) is 10.2 Å². The molecule has 25 heavy (non-hydrogen) atoms. The molecular weight excluding hydrogens is 345 g/mol. The number of benzene rings is 1. The number of nitrogens with one attached hydrogen (secondary N) is 1. The molecule has 140 valence electrons. The number of piperazine rings is 1. The number of ether oxygens (including phenoxy) is 1. The summed E-state index contributed by atoms with van der Waals surface area (Å²) in [5.41, 5.74) is 0.987. The second-order valence-electron chi connectivity index (χ2n) is 6.63. The summed E-state index contributed by atoms with van der Waals surface area (Å²) < 4.78 is 19.1. The summed E-state index contributed by atoms with van der Waals surface area (Å²) in [4.78, 5) is 16.5. The molecule has 2 heterocycles. The fourth-order valence-electron chi connectivity index (χ4n) is 3.41. The van der Waals surface area contributed by atoms with Gasteiger partial charge in [-0.05, 0) is 24.6 Å². The Hall–Kier alpha value is -1.21. The van der Waals surface area contributed by atoms with Crippen LogP contribution in [-0.4, -0.2) is 67.6 Å². The number of hydrogen-bond donors (Lipinski definition) is 1. The van der Waals surface area contributed by atoms with Crippen molar-refractivity contribution in [2.45, 2.75) is 25.6 Å². The van der Waals surface area contributed by atoms with Crippen molar-refractivity contribution in [1.82, 2.24) is 15.1 Å². The van der Waals surface area contributed by atoms with Gasteiger partial charge in [-0.25, -0.2) is 4.39 Å². The number of nitrogens with zero attached hydrogens (tertiary/aromatic N) is 2. The minimum Gasteiger partial charge on any atom is -0.368 e. The molecule has 2 atom stereocenters. The van der Waals surface area contributed by atoms with Crippen LogP contribution in [0.4, 0.5) is 4.39 Å². The fraction of sp³-hybridized carbons (Fsp3) is 0.611. The first-order valence-electron chi connectivity index (χ1n) is 8.73. The minimum atomic E-state index is -0.235. The van der Waals surface area contributed by atoms with E-state index in [0.717, 1.165) is 51.4 Å². The molecule has 0 saturated carbocycles. The Kier molecular flexibility index (Phi) is 7.62. The van der Waals surface area contributed by atoms with E-state index in [-0.39, 0.29) is 36.3 Å². The summed E-state index contributed by atoms with van der Waals surface area (Å²) in [6.07, 6.45) is 0.579. The van der Waals surface area contributed by atoms with Crippen LogP contribution < -0.4 is 5.32 Å². The third-order valence-electron chi connectivity index (χ3n) is 4.69. The zero-order valence-corrected chi connectivity index (χ0v) is 15.4. The lowest BCUT2D eigenvalue weighted by molar-refractivity contribution is -0.133. The third-order valence-corrected chi connectivity index (χ3v) is 4.69. The molecule has 7 heteroatoms. The van der Waals surface area contributed by atoms with Crippen LogP contribution >= 0.6 is 12.4 Å². The van der Waals surface area contributed by atoms with Crippen LogP contribution in [0.2, 0.25) is 0 Å². The Balaban J connectivity index is 0.00000225. The SMILES string of the molecule is CC1CN(CCC(=O)N2CCNCC2)CC(c2ccc(F)cc2)O1.Cl. The van der Waals surface area contributed by atoms with E-state index in [4.69, 9.17) is 4.74 Å².